The topological polar surface area (TPSA) is 3.24 Å². The van der Waals surface area contributed by atoms with Crippen LogP contribution in [-0.4, -0.2) is 13.6 Å². The van der Waals surface area contributed by atoms with Gasteiger partial charge >= 0.3 is 0 Å². The average molecular weight is 191 g/mol. The van der Waals surface area contributed by atoms with E-state index in [0.29, 0.717) is 5.92 Å². The molecule has 0 aromatic heterocycles. The van der Waals surface area contributed by atoms with E-state index < -0.39 is 0 Å². The standard InChI is InChI=1S/C13H21N/c1-5-10-14(4)13-9-7-6-8-12(13)11(2)3/h6-9,11H,5,10H2,1-4H3. The number of nitrogens with zero attached hydrogens (tertiary/aromatic N) is 1. The van der Waals surface area contributed by atoms with Gasteiger partial charge in [0.25, 0.3) is 0 Å². The molecule has 0 aliphatic rings. The fraction of sp³-hybridized carbons (Fsp3) is 0.538. The zero-order chi connectivity index (χ0) is 10.6. The van der Waals surface area contributed by atoms with Crippen molar-refractivity contribution in [2.24, 2.45) is 0 Å². The Kier molecular flexibility index (Phi) is 3.99. The van der Waals surface area contributed by atoms with E-state index in [2.05, 4.69) is 57.0 Å². The summed E-state index contributed by atoms with van der Waals surface area (Å²) in [5.74, 6) is 0.602. The van der Waals surface area contributed by atoms with Crippen LogP contribution in [0.25, 0.3) is 0 Å². The average Bonchev–Trinajstić information content (AvgIpc) is 2.18. The van der Waals surface area contributed by atoms with Crippen molar-refractivity contribution in [3.63, 3.8) is 0 Å². The Morgan fingerprint density at radius 1 is 1.21 bits per heavy atom. The van der Waals surface area contributed by atoms with Crippen LogP contribution in [-0.2, 0) is 0 Å². The summed E-state index contributed by atoms with van der Waals surface area (Å²) in [6.45, 7) is 7.84. The highest BCUT2D eigenvalue weighted by molar-refractivity contribution is 5.54. The van der Waals surface area contributed by atoms with Crippen LogP contribution in [0.2, 0.25) is 0 Å². The van der Waals surface area contributed by atoms with Gasteiger partial charge in [-0.3, -0.25) is 0 Å². The fourth-order valence-electron chi connectivity index (χ4n) is 1.78. The molecule has 0 aliphatic carbocycles. The van der Waals surface area contributed by atoms with E-state index in [4.69, 9.17) is 0 Å². The lowest BCUT2D eigenvalue weighted by Gasteiger charge is -2.23. The molecule has 0 radical (unpaired) electrons. The first-order chi connectivity index (χ1) is 6.66. The molecule has 1 aromatic carbocycles. The molecule has 0 aliphatic heterocycles. The van der Waals surface area contributed by atoms with Crippen molar-refractivity contribution in [2.45, 2.75) is 33.1 Å². The molecule has 0 amide bonds. The SMILES string of the molecule is CCCN(C)c1ccccc1C(C)C. The summed E-state index contributed by atoms with van der Waals surface area (Å²) in [6, 6.07) is 8.68. The van der Waals surface area contributed by atoms with Crippen LogP contribution in [0.4, 0.5) is 5.69 Å². The Morgan fingerprint density at radius 3 is 2.43 bits per heavy atom. The van der Waals surface area contributed by atoms with Crippen LogP contribution in [0.1, 0.15) is 38.7 Å². The lowest BCUT2D eigenvalue weighted by Crippen LogP contribution is -2.19. The highest BCUT2D eigenvalue weighted by Crippen LogP contribution is 2.26. The highest BCUT2D eigenvalue weighted by atomic mass is 15.1. The molecule has 0 heterocycles. The van der Waals surface area contributed by atoms with Gasteiger partial charge in [0.05, 0.1) is 0 Å². The van der Waals surface area contributed by atoms with E-state index in [1.54, 1.807) is 0 Å². The summed E-state index contributed by atoms with van der Waals surface area (Å²) in [6.07, 6.45) is 1.20. The third-order valence-corrected chi connectivity index (χ3v) is 2.53. The van der Waals surface area contributed by atoms with Crippen molar-refractivity contribution in [2.75, 3.05) is 18.5 Å². The second kappa shape index (κ2) is 5.04. The number of hydrogen-bond acceptors (Lipinski definition) is 1. The Bertz CT molecular complexity index is 278. The number of anilines is 1. The van der Waals surface area contributed by atoms with Crippen molar-refractivity contribution in [1.82, 2.24) is 0 Å². The van der Waals surface area contributed by atoms with E-state index in [0.717, 1.165) is 6.54 Å². The van der Waals surface area contributed by atoms with Gasteiger partial charge in [0.2, 0.25) is 0 Å². The zero-order valence-electron chi connectivity index (χ0n) is 9.75. The molecule has 1 heteroatoms. The van der Waals surface area contributed by atoms with Crippen molar-refractivity contribution < 1.29 is 0 Å². The minimum Gasteiger partial charge on any atom is -0.374 e. The van der Waals surface area contributed by atoms with Gasteiger partial charge in [-0.05, 0) is 24.0 Å². The summed E-state index contributed by atoms with van der Waals surface area (Å²) in [7, 11) is 2.17. The van der Waals surface area contributed by atoms with E-state index in [1.165, 1.54) is 17.7 Å². The molecule has 0 bridgehead atoms. The lowest BCUT2D eigenvalue weighted by atomic mass is 10.0. The zero-order valence-corrected chi connectivity index (χ0v) is 9.75. The third-order valence-electron chi connectivity index (χ3n) is 2.53. The summed E-state index contributed by atoms with van der Waals surface area (Å²) >= 11 is 0. The van der Waals surface area contributed by atoms with Crippen molar-refractivity contribution in [3.05, 3.63) is 29.8 Å². The summed E-state index contributed by atoms with van der Waals surface area (Å²) < 4.78 is 0. The maximum Gasteiger partial charge on any atom is 0.0398 e. The third kappa shape index (κ3) is 2.50. The Morgan fingerprint density at radius 2 is 1.86 bits per heavy atom. The van der Waals surface area contributed by atoms with Crippen LogP contribution in [0.3, 0.4) is 0 Å². The Balaban J connectivity index is 2.94. The van der Waals surface area contributed by atoms with Gasteiger partial charge in [-0.2, -0.15) is 0 Å². The largest absolute Gasteiger partial charge is 0.374 e. The molecule has 78 valence electrons. The summed E-state index contributed by atoms with van der Waals surface area (Å²) in [5.41, 5.74) is 2.83. The van der Waals surface area contributed by atoms with Gasteiger partial charge < -0.3 is 4.90 Å². The maximum absolute atomic E-state index is 2.34. The Hall–Kier alpha value is -0.980. The van der Waals surface area contributed by atoms with Gasteiger partial charge in [-0.15, -0.1) is 0 Å². The molecule has 14 heavy (non-hydrogen) atoms. The van der Waals surface area contributed by atoms with E-state index in [1.807, 2.05) is 0 Å². The predicted octanol–water partition coefficient (Wildman–Crippen LogP) is 3.66. The molecule has 1 aromatic rings. The second-order valence-corrected chi connectivity index (χ2v) is 4.14. The number of benzene rings is 1. The maximum atomic E-state index is 2.34. The highest BCUT2D eigenvalue weighted by Gasteiger charge is 2.08. The first kappa shape index (κ1) is 11.1. The lowest BCUT2D eigenvalue weighted by molar-refractivity contribution is 0.816. The quantitative estimate of drug-likeness (QED) is 0.702. The molecule has 0 saturated carbocycles. The van der Waals surface area contributed by atoms with E-state index in [-0.39, 0.29) is 0 Å². The molecular formula is C13H21N. The normalized spacial score (nSPS) is 10.6. The minimum atomic E-state index is 0.602. The van der Waals surface area contributed by atoms with Crippen LogP contribution < -0.4 is 4.90 Å². The first-order valence-electron chi connectivity index (χ1n) is 5.46. The van der Waals surface area contributed by atoms with Crippen molar-refractivity contribution in [1.29, 1.82) is 0 Å². The van der Waals surface area contributed by atoms with Gasteiger partial charge in [-0.25, -0.2) is 0 Å². The van der Waals surface area contributed by atoms with Gasteiger partial charge in [-0.1, -0.05) is 39.0 Å². The fourth-order valence-corrected chi connectivity index (χ4v) is 1.78. The molecule has 1 nitrogen and oxygen atoms in total. The number of para-hydroxylation sites is 1. The molecule has 0 spiro atoms. The number of rotatable bonds is 4. The number of hydrogen-bond donors (Lipinski definition) is 0. The van der Waals surface area contributed by atoms with Crippen LogP contribution in [0, 0.1) is 0 Å². The molecule has 0 saturated heterocycles. The van der Waals surface area contributed by atoms with Gasteiger partial charge in [0.15, 0.2) is 0 Å². The second-order valence-electron chi connectivity index (χ2n) is 4.14. The van der Waals surface area contributed by atoms with Gasteiger partial charge in [0.1, 0.15) is 0 Å². The van der Waals surface area contributed by atoms with Crippen LogP contribution in [0.5, 0.6) is 0 Å². The summed E-state index contributed by atoms with van der Waals surface area (Å²) in [4.78, 5) is 2.34. The van der Waals surface area contributed by atoms with Crippen LogP contribution >= 0.6 is 0 Å². The van der Waals surface area contributed by atoms with Crippen molar-refractivity contribution >= 4 is 5.69 Å². The molecule has 1 rings (SSSR count). The minimum absolute atomic E-state index is 0.602. The Labute approximate surface area is 87.7 Å². The smallest absolute Gasteiger partial charge is 0.0398 e. The monoisotopic (exact) mass is 191 g/mol. The van der Waals surface area contributed by atoms with Crippen LogP contribution in [0.15, 0.2) is 24.3 Å². The molecule has 0 N–H and O–H groups in total. The van der Waals surface area contributed by atoms with E-state index >= 15 is 0 Å². The molecule has 0 atom stereocenters. The first-order valence-corrected chi connectivity index (χ1v) is 5.46. The predicted molar refractivity (Wildman–Crippen MR) is 64.1 cm³/mol. The molecule has 0 fully saturated rings. The molecule has 0 unspecified atom stereocenters. The van der Waals surface area contributed by atoms with Crippen molar-refractivity contribution in [3.8, 4) is 0 Å². The summed E-state index contributed by atoms with van der Waals surface area (Å²) in [5, 5.41) is 0. The molecular weight excluding hydrogens is 170 g/mol. The van der Waals surface area contributed by atoms with Gasteiger partial charge in [0, 0.05) is 19.3 Å². The van der Waals surface area contributed by atoms with E-state index in [9.17, 15) is 0 Å².